The quantitative estimate of drug-likeness (QED) is 0.911. The Kier molecular flexibility index (Phi) is 5.07. The standard InChI is InChI=1S/C17H30N4/c1-11(2)15-19-16(18-5)13(4)17(20-15)21(6)14-10-8-7-9-12(14)3/h11-12,14H,7-10H2,1-6H3,(H,18,19,20). The van der Waals surface area contributed by atoms with E-state index in [1.165, 1.54) is 25.7 Å². The maximum absolute atomic E-state index is 4.86. The second kappa shape index (κ2) is 6.63. The highest BCUT2D eigenvalue weighted by molar-refractivity contribution is 5.58. The number of anilines is 2. The second-order valence-electron chi connectivity index (χ2n) is 6.72. The Bertz CT molecular complexity index is 484. The first-order valence-electron chi connectivity index (χ1n) is 8.24. The average Bonchev–Trinajstić information content (AvgIpc) is 2.47. The molecular formula is C17H30N4. The van der Waals surface area contributed by atoms with Gasteiger partial charge >= 0.3 is 0 Å². The molecule has 1 aromatic heterocycles. The number of aromatic nitrogens is 2. The van der Waals surface area contributed by atoms with Crippen LogP contribution in [0.15, 0.2) is 0 Å². The summed E-state index contributed by atoms with van der Waals surface area (Å²) in [6, 6.07) is 0.595. The van der Waals surface area contributed by atoms with Gasteiger partial charge in [-0.25, -0.2) is 9.97 Å². The monoisotopic (exact) mass is 290 g/mol. The maximum atomic E-state index is 4.86. The van der Waals surface area contributed by atoms with Crippen LogP contribution in [0.4, 0.5) is 11.6 Å². The lowest BCUT2D eigenvalue weighted by molar-refractivity contribution is 0.320. The van der Waals surface area contributed by atoms with Crippen LogP contribution in [0.5, 0.6) is 0 Å². The van der Waals surface area contributed by atoms with Crippen LogP contribution in [0.2, 0.25) is 0 Å². The first kappa shape index (κ1) is 16.1. The Morgan fingerprint density at radius 3 is 2.43 bits per heavy atom. The van der Waals surface area contributed by atoms with Crippen molar-refractivity contribution in [3.05, 3.63) is 11.4 Å². The largest absolute Gasteiger partial charge is 0.373 e. The molecule has 1 heterocycles. The topological polar surface area (TPSA) is 41.1 Å². The summed E-state index contributed by atoms with van der Waals surface area (Å²) in [5, 5.41) is 3.22. The summed E-state index contributed by atoms with van der Waals surface area (Å²) in [5.74, 6) is 4.05. The van der Waals surface area contributed by atoms with Crippen molar-refractivity contribution >= 4 is 11.6 Å². The maximum Gasteiger partial charge on any atom is 0.137 e. The lowest BCUT2D eigenvalue weighted by Crippen LogP contribution is -2.40. The van der Waals surface area contributed by atoms with Gasteiger partial charge in [-0.05, 0) is 25.7 Å². The fourth-order valence-electron chi connectivity index (χ4n) is 3.40. The molecule has 1 saturated carbocycles. The van der Waals surface area contributed by atoms with E-state index < -0.39 is 0 Å². The van der Waals surface area contributed by atoms with Gasteiger partial charge in [0.05, 0.1) is 0 Å². The first-order valence-corrected chi connectivity index (χ1v) is 8.24. The van der Waals surface area contributed by atoms with E-state index in [-0.39, 0.29) is 0 Å². The second-order valence-corrected chi connectivity index (χ2v) is 6.72. The van der Waals surface area contributed by atoms with Crippen molar-refractivity contribution in [2.75, 3.05) is 24.3 Å². The molecule has 0 amide bonds. The van der Waals surface area contributed by atoms with Crippen molar-refractivity contribution in [2.24, 2.45) is 5.92 Å². The molecule has 2 atom stereocenters. The van der Waals surface area contributed by atoms with Gasteiger partial charge in [0.1, 0.15) is 17.5 Å². The lowest BCUT2D eigenvalue weighted by atomic mass is 9.85. The van der Waals surface area contributed by atoms with Gasteiger partial charge in [0.25, 0.3) is 0 Å². The van der Waals surface area contributed by atoms with E-state index in [9.17, 15) is 0 Å². The van der Waals surface area contributed by atoms with Crippen LogP contribution in [0.1, 0.15) is 63.8 Å². The van der Waals surface area contributed by atoms with E-state index in [4.69, 9.17) is 4.98 Å². The molecule has 2 rings (SSSR count). The fourth-order valence-corrected chi connectivity index (χ4v) is 3.40. The third-order valence-electron chi connectivity index (χ3n) is 4.79. The van der Waals surface area contributed by atoms with Crippen molar-refractivity contribution in [1.82, 2.24) is 9.97 Å². The lowest BCUT2D eigenvalue weighted by Gasteiger charge is -2.38. The molecule has 118 valence electrons. The van der Waals surface area contributed by atoms with Crippen LogP contribution >= 0.6 is 0 Å². The van der Waals surface area contributed by atoms with Gasteiger partial charge in [-0.15, -0.1) is 0 Å². The van der Waals surface area contributed by atoms with Crippen LogP contribution in [-0.4, -0.2) is 30.1 Å². The zero-order chi connectivity index (χ0) is 15.6. The summed E-state index contributed by atoms with van der Waals surface area (Å²) in [6.45, 7) is 8.79. The highest BCUT2D eigenvalue weighted by Crippen LogP contribution is 2.33. The van der Waals surface area contributed by atoms with Gasteiger partial charge in [0, 0.05) is 31.6 Å². The summed E-state index contributed by atoms with van der Waals surface area (Å²) < 4.78 is 0. The van der Waals surface area contributed by atoms with Crippen molar-refractivity contribution in [1.29, 1.82) is 0 Å². The Morgan fingerprint density at radius 2 is 1.86 bits per heavy atom. The summed E-state index contributed by atoms with van der Waals surface area (Å²) in [7, 11) is 4.14. The number of nitrogens with zero attached hydrogens (tertiary/aromatic N) is 3. The molecule has 21 heavy (non-hydrogen) atoms. The number of hydrogen-bond donors (Lipinski definition) is 1. The summed E-state index contributed by atoms with van der Waals surface area (Å²) >= 11 is 0. The van der Waals surface area contributed by atoms with E-state index >= 15 is 0 Å². The molecule has 4 nitrogen and oxygen atoms in total. The van der Waals surface area contributed by atoms with Crippen molar-refractivity contribution < 1.29 is 0 Å². The van der Waals surface area contributed by atoms with Crippen LogP contribution in [-0.2, 0) is 0 Å². The fraction of sp³-hybridized carbons (Fsp3) is 0.765. The molecule has 0 spiro atoms. The van der Waals surface area contributed by atoms with Gasteiger partial charge in [-0.1, -0.05) is 33.6 Å². The number of nitrogens with one attached hydrogen (secondary N) is 1. The SMILES string of the molecule is CNc1nc(C(C)C)nc(N(C)C2CCCCC2C)c1C. The van der Waals surface area contributed by atoms with E-state index in [2.05, 4.69) is 49.9 Å². The third kappa shape index (κ3) is 3.30. The Morgan fingerprint density at radius 1 is 1.19 bits per heavy atom. The Hall–Kier alpha value is -1.32. The number of rotatable bonds is 4. The Balaban J connectivity index is 2.38. The molecule has 4 heteroatoms. The molecule has 0 saturated heterocycles. The molecule has 0 radical (unpaired) electrons. The molecule has 1 N–H and O–H groups in total. The predicted molar refractivity (Wildman–Crippen MR) is 90.2 cm³/mol. The first-order chi connectivity index (χ1) is 9.95. The minimum absolute atomic E-state index is 0.341. The van der Waals surface area contributed by atoms with E-state index in [1.54, 1.807) is 0 Å². The molecule has 1 aliphatic rings. The van der Waals surface area contributed by atoms with Gasteiger partial charge in [-0.2, -0.15) is 0 Å². The predicted octanol–water partition coefficient (Wildman–Crippen LogP) is 3.97. The zero-order valence-corrected chi connectivity index (χ0v) is 14.4. The highest BCUT2D eigenvalue weighted by Gasteiger charge is 2.27. The highest BCUT2D eigenvalue weighted by atomic mass is 15.2. The average molecular weight is 290 g/mol. The van der Waals surface area contributed by atoms with Crippen molar-refractivity contribution in [2.45, 2.75) is 65.3 Å². The summed E-state index contributed by atoms with van der Waals surface area (Å²) in [6.07, 6.45) is 5.30. The zero-order valence-electron chi connectivity index (χ0n) is 14.4. The van der Waals surface area contributed by atoms with Crippen molar-refractivity contribution in [3.8, 4) is 0 Å². The van der Waals surface area contributed by atoms with E-state index in [1.807, 2.05) is 7.05 Å². The van der Waals surface area contributed by atoms with Crippen molar-refractivity contribution in [3.63, 3.8) is 0 Å². The molecule has 1 aliphatic carbocycles. The molecule has 2 unspecified atom stereocenters. The molecule has 0 aromatic carbocycles. The van der Waals surface area contributed by atoms with Crippen LogP contribution in [0.25, 0.3) is 0 Å². The van der Waals surface area contributed by atoms with Crippen LogP contribution in [0, 0.1) is 12.8 Å². The molecular weight excluding hydrogens is 260 g/mol. The summed E-state index contributed by atoms with van der Waals surface area (Å²) in [5.41, 5.74) is 1.15. The van der Waals surface area contributed by atoms with Gasteiger partial charge in [-0.3, -0.25) is 0 Å². The minimum atomic E-state index is 0.341. The Labute approximate surface area is 129 Å². The molecule has 1 aromatic rings. The van der Waals surface area contributed by atoms with Crippen LogP contribution in [0.3, 0.4) is 0 Å². The van der Waals surface area contributed by atoms with Gasteiger partial charge in [0.15, 0.2) is 0 Å². The minimum Gasteiger partial charge on any atom is -0.373 e. The van der Waals surface area contributed by atoms with Gasteiger partial charge < -0.3 is 10.2 Å². The van der Waals surface area contributed by atoms with E-state index in [0.717, 1.165) is 28.9 Å². The molecule has 0 aliphatic heterocycles. The third-order valence-corrected chi connectivity index (χ3v) is 4.79. The van der Waals surface area contributed by atoms with Gasteiger partial charge in [0.2, 0.25) is 0 Å². The number of hydrogen-bond acceptors (Lipinski definition) is 4. The normalized spacial score (nSPS) is 22.4. The summed E-state index contributed by atoms with van der Waals surface area (Å²) in [4.78, 5) is 11.9. The van der Waals surface area contributed by atoms with Crippen LogP contribution < -0.4 is 10.2 Å². The molecule has 0 bridgehead atoms. The molecule has 1 fully saturated rings. The smallest absolute Gasteiger partial charge is 0.137 e. The van der Waals surface area contributed by atoms with E-state index in [0.29, 0.717) is 12.0 Å².